The highest BCUT2D eigenvalue weighted by molar-refractivity contribution is 7.80. The van der Waals surface area contributed by atoms with Gasteiger partial charge in [0.05, 0.1) is 0 Å². The number of thiocarbonyl (C=S) groups is 2. The Balaban J connectivity index is 1.54. The van der Waals surface area contributed by atoms with Crippen LogP contribution in [0.15, 0.2) is 10.2 Å². The molecule has 0 aliphatic heterocycles. The maximum Gasteiger partial charge on any atom is 0.184 e. The van der Waals surface area contributed by atoms with Crippen molar-refractivity contribution in [3.05, 3.63) is 0 Å². The van der Waals surface area contributed by atoms with Gasteiger partial charge in [0.15, 0.2) is 10.2 Å². The van der Waals surface area contributed by atoms with Gasteiger partial charge in [-0.2, -0.15) is 10.2 Å². The molecular weight excluding hydrogens is 304 g/mol. The first kappa shape index (κ1) is 12.3. The molecule has 5 aliphatic carbocycles. The molecule has 5 saturated carbocycles. The summed E-state index contributed by atoms with van der Waals surface area (Å²) in [5.74, 6) is 5.30. The van der Waals surface area contributed by atoms with Crippen molar-refractivity contribution < 1.29 is 0 Å². The van der Waals surface area contributed by atoms with Crippen LogP contribution in [0.1, 0.15) is 6.42 Å². The van der Waals surface area contributed by atoms with Crippen molar-refractivity contribution in [2.45, 2.75) is 6.42 Å². The molecule has 0 saturated heterocycles. The average Bonchev–Trinajstić information content (AvgIpc) is 2.91. The predicted molar refractivity (Wildman–Crippen MR) is 87.2 cm³/mol. The highest BCUT2D eigenvalue weighted by atomic mass is 32.1. The van der Waals surface area contributed by atoms with E-state index < -0.39 is 0 Å². The maximum atomic E-state index is 5.52. The Morgan fingerprint density at radius 3 is 1.67 bits per heavy atom. The molecule has 0 heterocycles. The quantitative estimate of drug-likeness (QED) is 0.414. The molecule has 5 rings (SSSR count). The van der Waals surface area contributed by atoms with Gasteiger partial charge in [0, 0.05) is 35.1 Å². The van der Waals surface area contributed by atoms with Crippen molar-refractivity contribution in [2.75, 3.05) is 0 Å². The number of rotatable bonds is 2. The Kier molecular flexibility index (Phi) is 2.18. The lowest BCUT2D eigenvalue weighted by Gasteiger charge is -2.44. The zero-order valence-electron chi connectivity index (χ0n) is 11.2. The minimum atomic E-state index is 0.241. The van der Waals surface area contributed by atoms with E-state index in [0.29, 0.717) is 23.7 Å². The normalized spacial score (nSPS) is 53.5. The van der Waals surface area contributed by atoms with Crippen molar-refractivity contribution in [1.82, 2.24) is 10.9 Å². The fourth-order valence-electron chi connectivity index (χ4n) is 6.40. The summed E-state index contributed by atoms with van der Waals surface area (Å²) in [6, 6.07) is 0. The molecule has 0 aromatic heterocycles. The van der Waals surface area contributed by atoms with Crippen LogP contribution in [0.25, 0.3) is 0 Å². The van der Waals surface area contributed by atoms with Crippen molar-refractivity contribution in [3.8, 4) is 0 Å². The first-order valence-corrected chi connectivity index (χ1v) is 8.17. The molecule has 5 fully saturated rings. The number of nitrogens with zero attached hydrogens (tertiary/aromatic N) is 2. The van der Waals surface area contributed by atoms with Gasteiger partial charge >= 0.3 is 0 Å². The molecule has 8 unspecified atom stereocenters. The Morgan fingerprint density at radius 2 is 1.29 bits per heavy atom. The lowest BCUT2D eigenvalue weighted by molar-refractivity contribution is 0.0654. The van der Waals surface area contributed by atoms with E-state index in [2.05, 4.69) is 21.1 Å². The van der Waals surface area contributed by atoms with E-state index in [4.69, 9.17) is 35.9 Å². The topological polar surface area (TPSA) is 101 Å². The zero-order valence-corrected chi connectivity index (χ0v) is 12.8. The van der Waals surface area contributed by atoms with Crippen LogP contribution in [0.3, 0.4) is 0 Å². The molecule has 0 spiro atoms. The van der Waals surface area contributed by atoms with Crippen LogP contribution >= 0.6 is 24.4 Å². The third-order valence-electron chi connectivity index (χ3n) is 6.46. The van der Waals surface area contributed by atoms with Gasteiger partial charge in [-0.3, -0.25) is 10.9 Å². The molecule has 8 atom stereocenters. The standard InChI is InChI=1S/C13H16N6S2/c14-12(20)18-16-10-6-2-1-3-5-4(2)8(10)9(5)11(7(3)6)17-19-13(15)21/h2-9H,1H2,(H3,14,18,20)(H3,15,19,21)/b16-10-,17-11-. The van der Waals surface area contributed by atoms with Crippen LogP contribution in [0, 0.1) is 47.3 Å². The largest absolute Gasteiger partial charge is 0.375 e. The Bertz CT molecular complexity index is 585. The second-order valence-corrected chi connectivity index (χ2v) is 7.73. The molecular formula is C13H16N6S2. The van der Waals surface area contributed by atoms with Crippen LogP contribution < -0.4 is 22.3 Å². The third-order valence-corrected chi connectivity index (χ3v) is 6.64. The van der Waals surface area contributed by atoms with Crippen LogP contribution in [-0.4, -0.2) is 21.6 Å². The lowest BCUT2D eigenvalue weighted by Crippen LogP contribution is -2.49. The Hall–Kier alpha value is -1.28. The second-order valence-electron chi connectivity index (χ2n) is 6.85. The van der Waals surface area contributed by atoms with Gasteiger partial charge in [0.2, 0.25) is 0 Å². The van der Waals surface area contributed by atoms with Crippen molar-refractivity contribution >= 4 is 46.1 Å². The van der Waals surface area contributed by atoms with Crippen molar-refractivity contribution in [1.29, 1.82) is 0 Å². The van der Waals surface area contributed by atoms with Crippen LogP contribution in [0.2, 0.25) is 0 Å². The van der Waals surface area contributed by atoms with Crippen LogP contribution in [-0.2, 0) is 0 Å². The van der Waals surface area contributed by atoms with Gasteiger partial charge in [0.25, 0.3) is 0 Å². The van der Waals surface area contributed by atoms with E-state index in [0.717, 1.165) is 23.7 Å². The summed E-state index contributed by atoms with van der Waals surface area (Å²) in [5, 5.41) is 9.57. The molecule has 0 aromatic rings. The molecule has 5 aliphatic rings. The fourth-order valence-corrected chi connectivity index (χ4v) is 6.49. The van der Waals surface area contributed by atoms with Crippen LogP contribution in [0.4, 0.5) is 0 Å². The Morgan fingerprint density at radius 1 is 0.857 bits per heavy atom. The monoisotopic (exact) mass is 320 g/mol. The van der Waals surface area contributed by atoms with E-state index in [9.17, 15) is 0 Å². The SMILES string of the molecule is NC(=S)N/N=C1/C2C3CC4C2/C(=N/NC(N)=S)C2C1C3C42. The van der Waals surface area contributed by atoms with Gasteiger partial charge in [-0.05, 0) is 54.5 Å². The maximum absolute atomic E-state index is 5.52. The Labute approximate surface area is 132 Å². The van der Waals surface area contributed by atoms with E-state index >= 15 is 0 Å². The molecule has 0 radical (unpaired) electrons. The van der Waals surface area contributed by atoms with Gasteiger partial charge < -0.3 is 11.5 Å². The average molecular weight is 320 g/mol. The predicted octanol–water partition coefficient (Wildman–Crippen LogP) is -0.248. The van der Waals surface area contributed by atoms with E-state index in [1.165, 1.54) is 17.8 Å². The molecule has 6 N–H and O–H groups in total. The van der Waals surface area contributed by atoms with Crippen LogP contribution in [0.5, 0.6) is 0 Å². The summed E-state index contributed by atoms with van der Waals surface area (Å²) in [7, 11) is 0. The summed E-state index contributed by atoms with van der Waals surface area (Å²) in [6.07, 6.45) is 1.33. The molecule has 21 heavy (non-hydrogen) atoms. The molecule has 8 heteroatoms. The molecule has 0 amide bonds. The van der Waals surface area contributed by atoms with E-state index in [1.54, 1.807) is 0 Å². The fraction of sp³-hybridized carbons (Fsp3) is 0.692. The number of nitrogens with two attached hydrogens (primary N) is 2. The first-order valence-electron chi connectivity index (χ1n) is 7.35. The van der Waals surface area contributed by atoms with Gasteiger partial charge in [-0.1, -0.05) is 0 Å². The summed E-state index contributed by atoms with van der Waals surface area (Å²) < 4.78 is 0. The van der Waals surface area contributed by atoms with Gasteiger partial charge in [0.1, 0.15) is 0 Å². The van der Waals surface area contributed by atoms with E-state index in [1.807, 2.05) is 0 Å². The minimum Gasteiger partial charge on any atom is -0.375 e. The number of fused-ring (bicyclic) bond motifs is 2. The first-order chi connectivity index (χ1) is 10.1. The summed E-state index contributed by atoms with van der Waals surface area (Å²) in [6.45, 7) is 0. The van der Waals surface area contributed by atoms with Crippen molar-refractivity contribution in [3.63, 3.8) is 0 Å². The summed E-state index contributed by atoms with van der Waals surface area (Å²) in [5.41, 5.74) is 19.2. The van der Waals surface area contributed by atoms with E-state index in [-0.39, 0.29) is 10.2 Å². The van der Waals surface area contributed by atoms with Gasteiger partial charge in [-0.15, -0.1) is 0 Å². The van der Waals surface area contributed by atoms with Gasteiger partial charge in [-0.25, -0.2) is 0 Å². The smallest absolute Gasteiger partial charge is 0.184 e. The summed E-state index contributed by atoms with van der Waals surface area (Å²) in [4.78, 5) is 0. The zero-order chi connectivity index (χ0) is 14.5. The third kappa shape index (κ3) is 1.25. The van der Waals surface area contributed by atoms with Crippen molar-refractivity contribution in [2.24, 2.45) is 69.0 Å². The summed E-state index contributed by atoms with van der Waals surface area (Å²) >= 11 is 9.75. The molecule has 2 bridgehead atoms. The molecule has 110 valence electrons. The number of nitrogens with one attached hydrogen (secondary N) is 2. The number of hydrogen-bond acceptors (Lipinski definition) is 4. The highest BCUT2D eigenvalue weighted by Gasteiger charge is 2.82. The minimum absolute atomic E-state index is 0.241. The highest BCUT2D eigenvalue weighted by Crippen LogP contribution is 2.80. The second kappa shape index (κ2) is 3.73. The number of hydrogen-bond donors (Lipinski definition) is 4. The lowest BCUT2D eigenvalue weighted by atomic mass is 9.59. The molecule has 0 aromatic carbocycles. The molecule has 6 nitrogen and oxygen atoms in total. The number of hydrazone groups is 2.